The fourth-order valence-electron chi connectivity index (χ4n) is 5.42. The van der Waals surface area contributed by atoms with Gasteiger partial charge < -0.3 is 14.8 Å². The zero-order valence-electron chi connectivity index (χ0n) is 24.0. The van der Waals surface area contributed by atoms with E-state index in [1.807, 2.05) is 0 Å². The fourth-order valence-corrected chi connectivity index (χ4v) is 5.42. The van der Waals surface area contributed by atoms with Crippen molar-refractivity contribution in [2.45, 2.75) is 44.6 Å². The highest BCUT2D eigenvalue weighted by Crippen LogP contribution is 2.32. The van der Waals surface area contributed by atoms with Crippen molar-refractivity contribution in [3.63, 3.8) is 0 Å². The van der Waals surface area contributed by atoms with Crippen LogP contribution in [0, 0.1) is 0 Å². The number of carbonyl (C=O) groups is 7. The fraction of sp³-hybridized carbons (Fsp3) is 0.387. The summed E-state index contributed by atoms with van der Waals surface area (Å²) in [5, 5.41) is 4.87. The highest BCUT2D eigenvalue weighted by atomic mass is 16.5. The van der Waals surface area contributed by atoms with E-state index < -0.39 is 29.7 Å². The first kappa shape index (κ1) is 30.7. The van der Waals surface area contributed by atoms with Crippen LogP contribution in [0.2, 0.25) is 0 Å². The second-order valence-electron chi connectivity index (χ2n) is 10.6. The van der Waals surface area contributed by atoms with Crippen molar-refractivity contribution < 1.29 is 43.0 Å². The second-order valence-corrected chi connectivity index (χ2v) is 10.6. The molecule has 1 atom stereocenters. The first-order chi connectivity index (χ1) is 21.3. The molecule has 3 heterocycles. The molecule has 3 aliphatic heterocycles. The Bertz CT molecular complexity index is 1490. The number of ether oxygens (including phenoxy) is 2. The number of piperidine rings is 1. The zero-order valence-corrected chi connectivity index (χ0v) is 24.0. The van der Waals surface area contributed by atoms with Crippen molar-refractivity contribution >= 4 is 47.0 Å². The van der Waals surface area contributed by atoms with Gasteiger partial charge in [-0.25, -0.2) is 0 Å². The van der Waals surface area contributed by atoms with Crippen LogP contribution in [0.15, 0.2) is 42.5 Å². The Labute approximate surface area is 252 Å². The minimum absolute atomic E-state index is 0.0213. The van der Waals surface area contributed by atoms with E-state index in [0.717, 1.165) is 17.7 Å². The molecule has 44 heavy (non-hydrogen) atoms. The number of unbranched alkanes of at least 4 members (excludes halogenated alkanes) is 2. The van der Waals surface area contributed by atoms with Gasteiger partial charge >= 0.3 is 0 Å². The molecule has 5 rings (SSSR count). The van der Waals surface area contributed by atoms with Crippen LogP contribution in [0.3, 0.4) is 0 Å². The van der Waals surface area contributed by atoms with Gasteiger partial charge in [0.1, 0.15) is 6.04 Å². The number of imide groups is 3. The van der Waals surface area contributed by atoms with Gasteiger partial charge in [0, 0.05) is 19.4 Å². The normalized spacial score (nSPS) is 17.7. The van der Waals surface area contributed by atoms with E-state index >= 15 is 0 Å². The average Bonchev–Trinajstić information content (AvgIpc) is 3.40. The summed E-state index contributed by atoms with van der Waals surface area (Å²) >= 11 is 0. The van der Waals surface area contributed by atoms with Crippen molar-refractivity contribution in [3.8, 4) is 0 Å². The molecular weight excluding hydrogens is 572 g/mol. The third-order valence-corrected chi connectivity index (χ3v) is 7.64. The monoisotopic (exact) mass is 604 g/mol. The number of hydrogen-bond donors (Lipinski definition) is 2. The molecule has 2 aromatic rings. The Morgan fingerprint density at radius 2 is 1.45 bits per heavy atom. The molecule has 3 aliphatic rings. The summed E-state index contributed by atoms with van der Waals surface area (Å²) in [6.45, 7) is 1.52. The standard InChI is InChI=1S/C31H32N4O9/c36-24(32-22-10-6-9-21-26(22)31(42)35(30(21)41)23-12-13-25(37)33-27(23)38)11-2-1-5-15-43-17-18-44-16-14-34-28(39)19-7-3-4-8-20(19)29(34)40/h3-4,6-10,23H,1-2,5,11-18H2,(H,32,36)(H,33,37,38). The zero-order chi connectivity index (χ0) is 31.2. The summed E-state index contributed by atoms with van der Waals surface area (Å²) in [7, 11) is 0. The topological polar surface area (TPSA) is 168 Å². The summed E-state index contributed by atoms with van der Waals surface area (Å²) in [5.41, 5.74) is 1.16. The maximum absolute atomic E-state index is 13.1. The van der Waals surface area contributed by atoms with Crippen molar-refractivity contribution in [1.29, 1.82) is 0 Å². The van der Waals surface area contributed by atoms with Gasteiger partial charge in [-0.05, 0) is 43.5 Å². The van der Waals surface area contributed by atoms with Crippen LogP contribution in [0.25, 0.3) is 0 Å². The van der Waals surface area contributed by atoms with Crippen LogP contribution in [-0.4, -0.2) is 90.2 Å². The highest BCUT2D eigenvalue weighted by Gasteiger charge is 2.45. The number of nitrogens with zero attached hydrogens (tertiary/aromatic N) is 2. The van der Waals surface area contributed by atoms with E-state index in [4.69, 9.17) is 9.47 Å². The molecule has 0 aromatic heterocycles. The van der Waals surface area contributed by atoms with Gasteiger partial charge in [-0.2, -0.15) is 0 Å². The Kier molecular flexibility index (Phi) is 9.56. The lowest BCUT2D eigenvalue weighted by Crippen LogP contribution is -2.54. The van der Waals surface area contributed by atoms with E-state index in [1.165, 1.54) is 17.0 Å². The lowest BCUT2D eigenvalue weighted by Gasteiger charge is -2.27. The molecule has 0 saturated carbocycles. The summed E-state index contributed by atoms with van der Waals surface area (Å²) in [5.74, 6) is -3.41. The average molecular weight is 605 g/mol. The number of hydrogen-bond acceptors (Lipinski definition) is 9. The molecule has 13 nitrogen and oxygen atoms in total. The molecule has 2 N–H and O–H groups in total. The molecule has 13 heteroatoms. The molecule has 0 spiro atoms. The second kappa shape index (κ2) is 13.7. The lowest BCUT2D eigenvalue weighted by atomic mass is 10.0. The third kappa shape index (κ3) is 6.43. The summed E-state index contributed by atoms with van der Waals surface area (Å²) in [6.07, 6.45) is 2.29. The van der Waals surface area contributed by atoms with E-state index in [-0.39, 0.29) is 66.9 Å². The maximum Gasteiger partial charge on any atom is 0.264 e. The molecular formula is C31H32N4O9. The molecule has 1 unspecified atom stereocenters. The summed E-state index contributed by atoms with van der Waals surface area (Å²) in [6, 6.07) is 10.2. The van der Waals surface area contributed by atoms with Crippen LogP contribution < -0.4 is 10.6 Å². The molecule has 7 amide bonds. The Hall–Kier alpha value is -4.75. The van der Waals surface area contributed by atoms with Crippen molar-refractivity contribution in [1.82, 2.24) is 15.1 Å². The number of benzene rings is 2. The van der Waals surface area contributed by atoms with Gasteiger partial charge in [-0.1, -0.05) is 24.6 Å². The SMILES string of the molecule is O=C1CCC(N2C(=O)c3cccc(NC(=O)CCCCCOCCOCCN4C(=O)c5ccccc5C4=O)c3C2=O)C(=O)N1. The third-order valence-electron chi connectivity index (χ3n) is 7.64. The number of carbonyl (C=O) groups excluding carboxylic acids is 7. The molecule has 1 saturated heterocycles. The Balaban J connectivity index is 0.955. The number of nitrogens with one attached hydrogen (secondary N) is 2. The quantitative estimate of drug-likeness (QED) is 0.242. The van der Waals surface area contributed by atoms with Gasteiger partial charge in [0.15, 0.2) is 0 Å². The molecule has 0 aliphatic carbocycles. The van der Waals surface area contributed by atoms with E-state index in [0.29, 0.717) is 37.4 Å². The summed E-state index contributed by atoms with van der Waals surface area (Å²) in [4.78, 5) is 89.2. The van der Waals surface area contributed by atoms with E-state index in [9.17, 15) is 33.6 Å². The van der Waals surface area contributed by atoms with Crippen LogP contribution in [0.4, 0.5) is 5.69 Å². The number of amides is 7. The predicted molar refractivity (Wildman–Crippen MR) is 154 cm³/mol. The van der Waals surface area contributed by atoms with Gasteiger partial charge in [-0.3, -0.25) is 48.7 Å². The van der Waals surface area contributed by atoms with Crippen LogP contribution >= 0.6 is 0 Å². The van der Waals surface area contributed by atoms with Gasteiger partial charge in [0.2, 0.25) is 17.7 Å². The number of anilines is 1. The number of rotatable bonds is 14. The molecule has 0 bridgehead atoms. The van der Waals surface area contributed by atoms with Gasteiger partial charge in [0.25, 0.3) is 23.6 Å². The molecule has 230 valence electrons. The minimum Gasteiger partial charge on any atom is -0.379 e. The molecule has 2 aromatic carbocycles. The number of fused-ring (bicyclic) bond motifs is 2. The van der Waals surface area contributed by atoms with Crippen LogP contribution in [0.5, 0.6) is 0 Å². The largest absolute Gasteiger partial charge is 0.379 e. The van der Waals surface area contributed by atoms with Gasteiger partial charge in [-0.15, -0.1) is 0 Å². The van der Waals surface area contributed by atoms with Crippen molar-refractivity contribution in [2.75, 3.05) is 38.3 Å². The summed E-state index contributed by atoms with van der Waals surface area (Å²) < 4.78 is 11.1. The van der Waals surface area contributed by atoms with Crippen LogP contribution in [0.1, 0.15) is 80.0 Å². The first-order valence-electron chi connectivity index (χ1n) is 14.5. The van der Waals surface area contributed by atoms with Crippen molar-refractivity contribution in [3.05, 3.63) is 64.7 Å². The van der Waals surface area contributed by atoms with E-state index in [1.54, 1.807) is 30.3 Å². The van der Waals surface area contributed by atoms with Crippen molar-refractivity contribution in [2.24, 2.45) is 0 Å². The van der Waals surface area contributed by atoms with E-state index in [2.05, 4.69) is 10.6 Å². The first-order valence-corrected chi connectivity index (χ1v) is 14.5. The Morgan fingerprint density at radius 1 is 0.773 bits per heavy atom. The highest BCUT2D eigenvalue weighted by molar-refractivity contribution is 6.26. The lowest BCUT2D eigenvalue weighted by molar-refractivity contribution is -0.136. The molecule has 0 radical (unpaired) electrons. The predicted octanol–water partition coefficient (Wildman–Crippen LogP) is 1.92. The smallest absolute Gasteiger partial charge is 0.264 e. The Morgan fingerprint density at radius 3 is 2.16 bits per heavy atom. The molecule has 1 fully saturated rings. The van der Waals surface area contributed by atoms with Crippen LogP contribution in [-0.2, 0) is 23.9 Å². The minimum atomic E-state index is -1.08. The maximum atomic E-state index is 13.1. The van der Waals surface area contributed by atoms with Gasteiger partial charge in [0.05, 0.1) is 54.3 Å².